The first-order valence-corrected chi connectivity index (χ1v) is 6.84. The second-order valence-electron chi connectivity index (χ2n) is 4.59. The Kier molecular flexibility index (Phi) is 4.20. The minimum absolute atomic E-state index is 0.141. The van der Waals surface area contributed by atoms with E-state index in [-0.39, 0.29) is 5.75 Å². The molecule has 2 rings (SSSR count). The number of hydrogen-bond acceptors (Lipinski definition) is 1. The number of benzene rings is 1. The lowest BCUT2D eigenvalue weighted by Gasteiger charge is -2.11. The molecule has 0 aliphatic heterocycles. The summed E-state index contributed by atoms with van der Waals surface area (Å²) in [5.74, 6) is 0.608. The third kappa shape index (κ3) is 4.52. The van der Waals surface area contributed by atoms with Crippen molar-refractivity contribution in [1.29, 1.82) is 0 Å². The van der Waals surface area contributed by atoms with Crippen LogP contribution in [0.2, 0.25) is 0 Å². The number of ether oxygens (including phenoxy) is 1. The van der Waals surface area contributed by atoms with E-state index in [0.29, 0.717) is 4.83 Å². The molecule has 0 radical (unpaired) electrons. The number of alkyl halides is 4. The Hall–Kier alpha value is -0.710. The van der Waals surface area contributed by atoms with E-state index < -0.39 is 6.36 Å². The maximum absolute atomic E-state index is 12.1. The normalized spacial score (nSPS) is 17.6. The van der Waals surface area contributed by atoms with E-state index in [9.17, 15) is 13.2 Å². The zero-order chi connectivity index (χ0) is 13.2. The Bertz CT molecular complexity index is 401. The first kappa shape index (κ1) is 13.7. The molecule has 1 fully saturated rings. The van der Waals surface area contributed by atoms with Crippen LogP contribution in [0, 0.1) is 5.92 Å². The molecular weight excluding hydrogens is 309 g/mol. The quantitative estimate of drug-likeness (QED) is 0.714. The summed E-state index contributed by atoms with van der Waals surface area (Å²) in [6, 6.07) is 6.20. The summed E-state index contributed by atoms with van der Waals surface area (Å²) in [6.45, 7) is 0. The van der Waals surface area contributed by atoms with Gasteiger partial charge in [0.25, 0.3) is 0 Å². The maximum Gasteiger partial charge on any atom is 0.573 e. The molecule has 1 aliphatic carbocycles. The molecule has 100 valence electrons. The van der Waals surface area contributed by atoms with Crippen molar-refractivity contribution in [3.63, 3.8) is 0 Å². The Morgan fingerprint density at radius 1 is 1.33 bits per heavy atom. The van der Waals surface area contributed by atoms with Crippen molar-refractivity contribution in [1.82, 2.24) is 0 Å². The van der Waals surface area contributed by atoms with Crippen LogP contribution in [0.1, 0.15) is 24.8 Å². The maximum atomic E-state index is 12.1. The topological polar surface area (TPSA) is 9.23 Å². The molecule has 1 atom stereocenters. The molecule has 0 bridgehead atoms. The molecule has 5 heteroatoms. The van der Waals surface area contributed by atoms with Gasteiger partial charge in [-0.2, -0.15) is 0 Å². The highest BCUT2D eigenvalue weighted by Gasteiger charge is 2.31. The Morgan fingerprint density at radius 2 is 2.06 bits per heavy atom. The lowest BCUT2D eigenvalue weighted by atomic mass is 10.1. The Morgan fingerprint density at radius 3 is 2.67 bits per heavy atom. The lowest BCUT2D eigenvalue weighted by Crippen LogP contribution is -2.17. The van der Waals surface area contributed by atoms with E-state index in [2.05, 4.69) is 20.7 Å². The zero-order valence-corrected chi connectivity index (χ0v) is 11.3. The summed E-state index contributed by atoms with van der Waals surface area (Å²) in [5.41, 5.74) is 0.877. The van der Waals surface area contributed by atoms with Crippen LogP contribution in [-0.4, -0.2) is 11.2 Å². The molecular formula is C13H14BrF3O. The van der Waals surface area contributed by atoms with E-state index in [4.69, 9.17) is 0 Å². The van der Waals surface area contributed by atoms with Crippen LogP contribution in [0.25, 0.3) is 0 Å². The fourth-order valence-corrected chi connectivity index (χ4v) is 2.65. The van der Waals surface area contributed by atoms with E-state index >= 15 is 0 Å². The van der Waals surface area contributed by atoms with E-state index in [0.717, 1.165) is 24.3 Å². The number of halogens is 4. The third-order valence-electron chi connectivity index (χ3n) is 2.97. The number of aryl methyl sites for hydroxylation is 1. The molecule has 0 saturated heterocycles. The van der Waals surface area contributed by atoms with Crippen LogP contribution < -0.4 is 4.74 Å². The predicted octanol–water partition coefficient (Wildman–Crippen LogP) is 4.69. The molecule has 1 aliphatic rings. The third-order valence-corrected chi connectivity index (χ3v) is 4.18. The van der Waals surface area contributed by atoms with Gasteiger partial charge < -0.3 is 4.74 Å². The number of hydrogen-bond donors (Lipinski definition) is 0. The van der Waals surface area contributed by atoms with Crippen LogP contribution in [0.3, 0.4) is 0 Å². The molecule has 18 heavy (non-hydrogen) atoms. The SMILES string of the molecule is FC(F)(F)Oc1cccc(CCC(Br)C2CC2)c1. The molecule has 0 spiro atoms. The molecule has 1 unspecified atom stereocenters. The summed E-state index contributed by atoms with van der Waals surface area (Å²) in [4.78, 5) is 0.477. The molecule has 0 aromatic heterocycles. The first-order chi connectivity index (χ1) is 8.44. The molecule has 1 aromatic rings. The molecule has 1 saturated carbocycles. The Labute approximate surface area is 112 Å². The highest BCUT2D eigenvalue weighted by Crippen LogP contribution is 2.38. The molecule has 0 heterocycles. The second-order valence-corrected chi connectivity index (χ2v) is 5.76. The van der Waals surface area contributed by atoms with Crippen LogP contribution in [0.15, 0.2) is 24.3 Å². The van der Waals surface area contributed by atoms with Crippen molar-refractivity contribution in [3.05, 3.63) is 29.8 Å². The van der Waals surface area contributed by atoms with Crippen LogP contribution in [-0.2, 0) is 6.42 Å². The van der Waals surface area contributed by atoms with Gasteiger partial charge in [0.15, 0.2) is 0 Å². The summed E-state index contributed by atoms with van der Waals surface area (Å²) in [5, 5.41) is 0. The van der Waals surface area contributed by atoms with Gasteiger partial charge in [0.1, 0.15) is 5.75 Å². The highest BCUT2D eigenvalue weighted by atomic mass is 79.9. The van der Waals surface area contributed by atoms with Crippen molar-refractivity contribution in [3.8, 4) is 5.75 Å². The standard InChI is InChI=1S/C13H14BrF3O/c14-12(10-5-6-10)7-4-9-2-1-3-11(8-9)18-13(15,16)17/h1-3,8,10,12H,4-7H2. The second kappa shape index (κ2) is 5.51. The summed E-state index contributed by atoms with van der Waals surface area (Å²) < 4.78 is 40.1. The van der Waals surface area contributed by atoms with Crippen molar-refractivity contribution in [2.45, 2.75) is 36.9 Å². The van der Waals surface area contributed by atoms with E-state index in [1.807, 2.05) is 6.07 Å². The van der Waals surface area contributed by atoms with Crippen molar-refractivity contribution in [2.24, 2.45) is 5.92 Å². The fraction of sp³-hybridized carbons (Fsp3) is 0.538. The van der Waals surface area contributed by atoms with Gasteiger partial charge in [-0.25, -0.2) is 0 Å². The van der Waals surface area contributed by atoms with Crippen LogP contribution in [0.5, 0.6) is 5.75 Å². The average Bonchev–Trinajstić information content (AvgIpc) is 3.07. The van der Waals surface area contributed by atoms with Gasteiger partial charge >= 0.3 is 6.36 Å². The molecule has 1 nitrogen and oxygen atoms in total. The number of rotatable bonds is 5. The van der Waals surface area contributed by atoms with Crippen molar-refractivity contribution < 1.29 is 17.9 Å². The summed E-state index contributed by atoms with van der Waals surface area (Å²) in [7, 11) is 0. The van der Waals surface area contributed by atoms with Crippen molar-refractivity contribution in [2.75, 3.05) is 0 Å². The minimum atomic E-state index is -4.62. The zero-order valence-electron chi connectivity index (χ0n) is 9.71. The average molecular weight is 323 g/mol. The van der Waals surface area contributed by atoms with Gasteiger partial charge in [-0.05, 0) is 49.3 Å². The van der Waals surface area contributed by atoms with Gasteiger partial charge in [-0.15, -0.1) is 13.2 Å². The van der Waals surface area contributed by atoms with Gasteiger partial charge in [0.05, 0.1) is 0 Å². The monoisotopic (exact) mass is 322 g/mol. The van der Waals surface area contributed by atoms with E-state index in [1.54, 1.807) is 6.07 Å². The summed E-state index contributed by atoms with van der Waals surface area (Å²) in [6.07, 6.45) is -0.396. The minimum Gasteiger partial charge on any atom is -0.406 e. The Balaban J connectivity index is 1.90. The highest BCUT2D eigenvalue weighted by molar-refractivity contribution is 9.09. The van der Waals surface area contributed by atoms with Gasteiger partial charge in [0, 0.05) is 4.83 Å². The van der Waals surface area contributed by atoms with Gasteiger partial charge in [-0.3, -0.25) is 0 Å². The first-order valence-electron chi connectivity index (χ1n) is 5.93. The molecule has 0 N–H and O–H groups in total. The van der Waals surface area contributed by atoms with Crippen LogP contribution in [0.4, 0.5) is 13.2 Å². The van der Waals surface area contributed by atoms with Gasteiger partial charge in [-0.1, -0.05) is 28.1 Å². The molecule has 0 amide bonds. The molecule has 1 aromatic carbocycles. The fourth-order valence-electron chi connectivity index (χ4n) is 1.90. The van der Waals surface area contributed by atoms with E-state index in [1.165, 1.54) is 25.0 Å². The predicted molar refractivity (Wildman–Crippen MR) is 66.9 cm³/mol. The van der Waals surface area contributed by atoms with Crippen molar-refractivity contribution >= 4 is 15.9 Å². The van der Waals surface area contributed by atoms with Gasteiger partial charge in [0.2, 0.25) is 0 Å². The summed E-state index contributed by atoms with van der Waals surface area (Å²) >= 11 is 3.62. The lowest BCUT2D eigenvalue weighted by molar-refractivity contribution is -0.274. The van der Waals surface area contributed by atoms with Crippen LogP contribution >= 0.6 is 15.9 Å². The smallest absolute Gasteiger partial charge is 0.406 e. The largest absolute Gasteiger partial charge is 0.573 e.